The quantitative estimate of drug-likeness (QED) is 0.874. The van der Waals surface area contributed by atoms with Gasteiger partial charge in [-0.1, -0.05) is 42.0 Å². The Morgan fingerprint density at radius 3 is 2.44 bits per heavy atom. The third-order valence-corrected chi connectivity index (χ3v) is 4.31. The maximum atomic E-state index is 12.1. The minimum absolute atomic E-state index is 0.0145. The van der Waals surface area contributed by atoms with Crippen LogP contribution in [-0.2, 0) is 22.6 Å². The summed E-state index contributed by atoms with van der Waals surface area (Å²) >= 11 is 0. The lowest BCUT2D eigenvalue weighted by molar-refractivity contribution is -0.121. The molecule has 0 unspecified atom stereocenters. The fraction of sp³-hybridized carbons (Fsp3) is 0.300. The minimum atomic E-state index is 0.0145. The van der Waals surface area contributed by atoms with E-state index in [2.05, 4.69) is 15.5 Å². The van der Waals surface area contributed by atoms with Crippen LogP contribution in [0.5, 0.6) is 0 Å². The maximum absolute atomic E-state index is 12.1. The predicted molar refractivity (Wildman–Crippen MR) is 98.4 cm³/mol. The number of carbonyl (C=O) groups is 2. The van der Waals surface area contributed by atoms with Crippen molar-refractivity contribution in [3.8, 4) is 0 Å². The van der Waals surface area contributed by atoms with Crippen molar-refractivity contribution >= 4 is 17.5 Å². The Morgan fingerprint density at radius 2 is 1.76 bits per heavy atom. The molecule has 1 aliphatic heterocycles. The summed E-state index contributed by atoms with van der Waals surface area (Å²) in [6.07, 6.45) is 0.390. The van der Waals surface area contributed by atoms with Gasteiger partial charge in [0.15, 0.2) is 0 Å². The number of nitrogens with one attached hydrogen (secondary N) is 2. The van der Waals surface area contributed by atoms with Gasteiger partial charge in [-0.3, -0.25) is 9.59 Å². The zero-order valence-electron chi connectivity index (χ0n) is 14.4. The summed E-state index contributed by atoms with van der Waals surface area (Å²) in [6.45, 7) is 4.43. The Balaban J connectivity index is 1.50. The fourth-order valence-corrected chi connectivity index (χ4v) is 2.84. The van der Waals surface area contributed by atoms with E-state index in [1.807, 2.05) is 55.5 Å². The molecule has 25 heavy (non-hydrogen) atoms. The second-order valence-corrected chi connectivity index (χ2v) is 6.38. The summed E-state index contributed by atoms with van der Waals surface area (Å²) in [7, 11) is 0. The molecule has 0 atom stereocenters. The molecule has 2 aromatic rings. The van der Waals surface area contributed by atoms with Gasteiger partial charge >= 0.3 is 0 Å². The monoisotopic (exact) mass is 337 g/mol. The van der Waals surface area contributed by atoms with Gasteiger partial charge in [-0.25, -0.2) is 0 Å². The van der Waals surface area contributed by atoms with Crippen LogP contribution in [0.3, 0.4) is 0 Å². The Morgan fingerprint density at radius 1 is 1.08 bits per heavy atom. The second-order valence-electron chi connectivity index (χ2n) is 6.38. The van der Waals surface area contributed by atoms with Crippen LogP contribution in [0.25, 0.3) is 0 Å². The molecule has 2 amide bonds. The normalized spacial score (nSPS) is 14.1. The molecular weight excluding hydrogens is 314 g/mol. The number of piperazine rings is 1. The molecule has 0 aliphatic carbocycles. The van der Waals surface area contributed by atoms with Crippen LogP contribution < -0.4 is 15.5 Å². The topological polar surface area (TPSA) is 61.4 Å². The van der Waals surface area contributed by atoms with Crippen LogP contribution in [-0.4, -0.2) is 31.4 Å². The highest BCUT2D eigenvalue weighted by molar-refractivity contribution is 5.82. The van der Waals surface area contributed by atoms with Crippen molar-refractivity contribution in [1.82, 2.24) is 10.6 Å². The molecule has 0 spiro atoms. The Bertz CT molecular complexity index is 739. The molecule has 2 aromatic carbocycles. The van der Waals surface area contributed by atoms with Crippen LogP contribution in [0.1, 0.15) is 16.7 Å². The number of hydrogen-bond donors (Lipinski definition) is 2. The molecule has 0 saturated carbocycles. The van der Waals surface area contributed by atoms with E-state index in [1.54, 1.807) is 0 Å². The Hall–Kier alpha value is -2.82. The van der Waals surface area contributed by atoms with E-state index in [1.165, 1.54) is 5.56 Å². The van der Waals surface area contributed by atoms with Crippen molar-refractivity contribution in [2.75, 3.05) is 24.5 Å². The van der Waals surface area contributed by atoms with Crippen molar-refractivity contribution in [3.63, 3.8) is 0 Å². The lowest BCUT2D eigenvalue weighted by Gasteiger charge is -2.28. The average molecular weight is 337 g/mol. The first kappa shape index (κ1) is 17.0. The fourth-order valence-electron chi connectivity index (χ4n) is 2.84. The van der Waals surface area contributed by atoms with Crippen LogP contribution in [0.15, 0.2) is 48.5 Å². The number of nitrogens with zero attached hydrogens (tertiary/aromatic N) is 1. The highest BCUT2D eigenvalue weighted by atomic mass is 16.2. The van der Waals surface area contributed by atoms with Gasteiger partial charge in [-0.05, 0) is 30.2 Å². The number of rotatable bonds is 5. The molecule has 1 fully saturated rings. The SMILES string of the molecule is Cc1ccc(CC(=O)NCc2ccc(N3CCNC(=O)C3)cc2)cc1. The molecule has 0 radical (unpaired) electrons. The summed E-state index contributed by atoms with van der Waals surface area (Å²) in [5, 5.41) is 5.77. The van der Waals surface area contributed by atoms with E-state index in [0.717, 1.165) is 23.4 Å². The summed E-state index contributed by atoms with van der Waals surface area (Å²) in [5.41, 5.74) is 4.28. The molecule has 1 aliphatic rings. The molecule has 130 valence electrons. The number of hydrogen-bond acceptors (Lipinski definition) is 3. The zero-order chi connectivity index (χ0) is 17.6. The molecule has 0 bridgehead atoms. The summed E-state index contributed by atoms with van der Waals surface area (Å²) < 4.78 is 0. The average Bonchev–Trinajstić information content (AvgIpc) is 2.62. The highest BCUT2D eigenvalue weighted by Crippen LogP contribution is 2.16. The van der Waals surface area contributed by atoms with E-state index in [9.17, 15) is 9.59 Å². The number of benzene rings is 2. The number of carbonyl (C=O) groups excluding carboxylic acids is 2. The summed E-state index contributed by atoms with van der Waals surface area (Å²) in [6, 6.07) is 16.0. The van der Waals surface area contributed by atoms with Crippen LogP contribution >= 0.6 is 0 Å². The minimum Gasteiger partial charge on any atom is -0.360 e. The Labute approximate surface area is 148 Å². The van der Waals surface area contributed by atoms with E-state index in [4.69, 9.17) is 0 Å². The molecule has 1 heterocycles. The lowest BCUT2D eigenvalue weighted by Crippen LogP contribution is -2.47. The van der Waals surface area contributed by atoms with Crippen LogP contribution in [0.4, 0.5) is 5.69 Å². The maximum Gasteiger partial charge on any atom is 0.239 e. The molecule has 5 nitrogen and oxygen atoms in total. The zero-order valence-corrected chi connectivity index (χ0v) is 14.4. The molecule has 1 saturated heterocycles. The first-order valence-electron chi connectivity index (χ1n) is 8.53. The first-order valence-corrected chi connectivity index (χ1v) is 8.53. The molecule has 2 N–H and O–H groups in total. The van der Waals surface area contributed by atoms with Crippen molar-refractivity contribution < 1.29 is 9.59 Å². The van der Waals surface area contributed by atoms with Crippen molar-refractivity contribution in [2.45, 2.75) is 19.9 Å². The smallest absolute Gasteiger partial charge is 0.239 e. The van der Waals surface area contributed by atoms with E-state index in [-0.39, 0.29) is 11.8 Å². The van der Waals surface area contributed by atoms with E-state index in [0.29, 0.717) is 26.1 Å². The number of amides is 2. The molecule has 3 rings (SSSR count). The van der Waals surface area contributed by atoms with Gasteiger partial charge in [0.05, 0.1) is 13.0 Å². The largest absolute Gasteiger partial charge is 0.360 e. The second kappa shape index (κ2) is 7.83. The predicted octanol–water partition coefficient (Wildman–Crippen LogP) is 1.79. The molecular formula is C20H23N3O2. The number of anilines is 1. The lowest BCUT2D eigenvalue weighted by atomic mass is 10.1. The molecule has 0 aromatic heterocycles. The van der Waals surface area contributed by atoms with Crippen LogP contribution in [0.2, 0.25) is 0 Å². The van der Waals surface area contributed by atoms with E-state index >= 15 is 0 Å². The Kier molecular flexibility index (Phi) is 5.33. The van der Waals surface area contributed by atoms with Gasteiger partial charge in [0.1, 0.15) is 0 Å². The van der Waals surface area contributed by atoms with Gasteiger partial charge in [0.25, 0.3) is 0 Å². The molecule has 5 heteroatoms. The third kappa shape index (κ3) is 4.83. The van der Waals surface area contributed by atoms with Gasteiger partial charge in [0.2, 0.25) is 11.8 Å². The van der Waals surface area contributed by atoms with Crippen molar-refractivity contribution in [2.24, 2.45) is 0 Å². The summed E-state index contributed by atoms with van der Waals surface area (Å²) in [4.78, 5) is 25.6. The van der Waals surface area contributed by atoms with Gasteiger partial charge in [-0.2, -0.15) is 0 Å². The third-order valence-electron chi connectivity index (χ3n) is 4.31. The van der Waals surface area contributed by atoms with Crippen LogP contribution in [0, 0.1) is 6.92 Å². The van der Waals surface area contributed by atoms with Crippen molar-refractivity contribution in [1.29, 1.82) is 0 Å². The van der Waals surface area contributed by atoms with Gasteiger partial charge < -0.3 is 15.5 Å². The number of aryl methyl sites for hydroxylation is 1. The standard InChI is InChI=1S/C20H23N3O2/c1-15-2-4-16(5-3-15)12-19(24)22-13-17-6-8-18(9-7-17)23-11-10-21-20(25)14-23/h2-9H,10-14H2,1H3,(H,21,25)(H,22,24). The van der Waals surface area contributed by atoms with Crippen molar-refractivity contribution in [3.05, 3.63) is 65.2 Å². The van der Waals surface area contributed by atoms with Gasteiger partial charge in [0, 0.05) is 25.3 Å². The highest BCUT2D eigenvalue weighted by Gasteiger charge is 2.16. The van der Waals surface area contributed by atoms with E-state index < -0.39 is 0 Å². The van der Waals surface area contributed by atoms with Gasteiger partial charge in [-0.15, -0.1) is 0 Å². The first-order chi connectivity index (χ1) is 12.1. The summed E-state index contributed by atoms with van der Waals surface area (Å²) in [5.74, 6) is 0.0688.